The summed E-state index contributed by atoms with van der Waals surface area (Å²) in [5.41, 5.74) is 1.68. The topological polar surface area (TPSA) is 86.8 Å². The first-order valence-corrected chi connectivity index (χ1v) is 15.1. The van der Waals surface area contributed by atoms with Crippen molar-refractivity contribution < 1.29 is 22.4 Å². The fourth-order valence-electron chi connectivity index (χ4n) is 5.01. The van der Waals surface area contributed by atoms with E-state index in [1.54, 1.807) is 68.4 Å². The Balaban J connectivity index is 1.67. The molecule has 0 heterocycles. The summed E-state index contributed by atoms with van der Waals surface area (Å²) in [5, 5.41) is 3.07. The van der Waals surface area contributed by atoms with Crippen molar-refractivity contribution in [3.63, 3.8) is 0 Å². The van der Waals surface area contributed by atoms with Gasteiger partial charge in [-0.25, -0.2) is 12.8 Å². The molecule has 0 aromatic heterocycles. The van der Waals surface area contributed by atoms with Crippen LogP contribution in [0.3, 0.4) is 0 Å². The van der Waals surface area contributed by atoms with Crippen LogP contribution in [0.1, 0.15) is 50.2 Å². The molecule has 0 radical (unpaired) electrons. The third-order valence-electron chi connectivity index (χ3n) is 7.38. The van der Waals surface area contributed by atoms with Crippen LogP contribution in [0.25, 0.3) is 0 Å². The Labute approximate surface area is 236 Å². The standard InChI is InChI=1S/C31H36FN3O4S/c1-23-11-9-10-16-29(23)35(40(38,39)28-14-7-4-8-15-28)22-30(36)34(21-25-17-19-26(32)20-18-25)24(2)31(37)33-27-12-5-3-6-13-27/h4,7-11,14-20,24,27H,3,5-6,12-13,21-22H2,1-2H3,(H,33,37). The van der Waals surface area contributed by atoms with Crippen LogP contribution in [0.4, 0.5) is 10.1 Å². The summed E-state index contributed by atoms with van der Waals surface area (Å²) in [6, 6.07) is 19.8. The number of nitrogens with one attached hydrogen (secondary N) is 1. The first-order valence-electron chi connectivity index (χ1n) is 13.6. The number of nitrogens with zero attached hydrogens (tertiary/aromatic N) is 2. The zero-order valence-electron chi connectivity index (χ0n) is 22.9. The molecule has 0 aliphatic heterocycles. The summed E-state index contributed by atoms with van der Waals surface area (Å²) >= 11 is 0. The molecule has 1 atom stereocenters. The molecule has 3 aromatic carbocycles. The van der Waals surface area contributed by atoms with Crippen molar-refractivity contribution in [2.24, 2.45) is 0 Å². The van der Waals surface area contributed by atoms with E-state index in [1.165, 1.54) is 29.2 Å². The third-order valence-corrected chi connectivity index (χ3v) is 9.15. The summed E-state index contributed by atoms with van der Waals surface area (Å²) in [7, 11) is -4.12. The van der Waals surface area contributed by atoms with Crippen LogP contribution < -0.4 is 9.62 Å². The van der Waals surface area contributed by atoms with Gasteiger partial charge in [-0.1, -0.05) is 67.8 Å². The van der Waals surface area contributed by atoms with E-state index in [0.717, 1.165) is 36.4 Å². The van der Waals surface area contributed by atoms with Gasteiger partial charge in [-0.2, -0.15) is 0 Å². The van der Waals surface area contributed by atoms with E-state index in [2.05, 4.69) is 5.32 Å². The molecular formula is C31H36FN3O4S. The fraction of sp³-hybridized carbons (Fsp3) is 0.355. The highest BCUT2D eigenvalue weighted by atomic mass is 32.2. The average molecular weight is 566 g/mol. The summed E-state index contributed by atoms with van der Waals surface area (Å²) in [6.45, 7) is 2.93. The molecule has 40 heavy (non-hydrogen) atoms. The normalized spacial score (nSPS) is 14.8. The fourth-order valence-corrected chi connectivity index (χ4v) is 6.51. The van der Waals surface area contributed by atoms with Gasteiger partial charge >= 0.3 is 0 Å². The maximum Gasteiger partial charge on any atom is 0.264 e. The Morgan fingerprint density at radius 1 is 0.925 bits per heavy atom. The first-order chi connectivity index (χ1) is 19.2. The van der Waals surface area contributed by atoms with E-state index in [1.807, 2.05) is 0 Å². The van der Waals surface area contributed by atoms with Crippen LogP contribution in [0.5, 0.6) is 0 Å². The molecule has 1 N–H and O–H groups in total. The van der Waals surface area contributed by atoms with Gasteiger partial charge < -0.3 is 10.2 Å². The van der Waals surface area contributed by atoms with Crippen molar-refractivity contribution in [2.75, 3.05) is 10.8 Å². The SMILES string of the molecule is Cc1ccccc1N(CC(=O)N(Cc1ccc(F)cc1)C(C)C(=O)NC1CCCCC1)S(=O)(=O)c1ccccc1. The lowest BCUT2D eigenvalue weighted by Crippen LogP contribution is -2.53. The monoisotopic (exact) mass is 565 g/mol. The Morgan fingerprint density at radius 3 is 2.20 bits per heavy atom. The molecule has 2 amide bonds. The molecule has 1 aliphatic carbocycles. The number of hydrogen-bond acceptors (Lipinski definition) is 4. The highest BCUT2D eigenvalue weighted by Gasteiger charge is 2.33. The quantitative estimate of drug-likeness (QED) is 0.366. The van der Waals surface area contributed by atoms with Gasteiger partial charge in [0.1, 0.15) is 18.4 Å². The summed E-state index contributed by atoms with van der Waals surface area (Å²) in [6.07, 6.45) is 5.00. The van der Waals surface area contributed by atoms with E-state index in [0.29, 0.717) is 16.8 Å². The second-order valence-electron chi connectivity index (χ2n) is 10.3. The smallest absolute Gasteiger partial charge is 0.264 e. The number of sulfonamides is 1. The van der Waals surface area contributed by atoms with Gasteiger partial charge in [0, 0.05) is 12.6 Å². The second-order valence-corrected chi connectivity index (χ2v) is 12.1. The summed E-state index contributed by atoms with van der Waals surface area (Å²) < 4.78 is 42.4. The molecular weight excluding hydrogens is 529 g/mol. The van der Waals surface area contributed by atoms with Gasteiger partial charge in [0.25, 0.3) is 10.0 Å². The van der Waals surface area contributed by atoms with Crippen LogP contribution in [0.2, 0.25) is 0 Å². The van der Waals surface area contributed by atoms with Crippen molar-refractivity contribution >= 4 is 27.5 Å². The van der Waals surface area contributed by atoms with Crippen LogP contribution in [0.15, 0.2) is 83.8 Å². The van der Waals surface area contributed by atoms with E-state index in [4.69, 9.17) is 0 Å². The summed E-state index contributed by atoms with van der Waals surface area (Å²) in [4.78, 5) is 28.8. The molecule has 0 spiro atoms. The molecule has 1 saturated carbocycles. The van der Waals surface area contributed by atoms with Gasteiger partial charge in [0.2, 0.25) is 11.8 Å². The van der Waals surface area contributed by atoms with Gasteiger partial charge in [-0.15, -0.1) is 0 Å². The zero-order valence-corrected chi connectivity index (χ0v) is 23.7. The maximum absolute atomic E-state index is 14.0. The minimum absolute atomic E-state index is 0.0192. The molecule has 9 heteroatoms. The molecule has 1 aliphatic rings. The third kappa shape index (κ3) is 7.07. The minimum atomic E-state index is -4.12. The second kappa shape index (κ2) is 13.1. The lowest BCUT2D eigenvalue weighted by Gasteiger charge is -2.33. The number of rotatable bonds is 10. The average Bonchev–Trinajstić information content (AvgIpc) is 2.96. The minimum Gasteiger partial charge on any atom is -0.352 e. The Hall–Kier alpha value is -3.72. The number of para-hydroxylation sites is 1. The van der Waals surface area contributed by atoms with Crippen molar-refractivity contribution in [3.8, 4) is 0 Å². The predicted octanol–water partition coefficient (Wildman–Crippen LogP) is 5.20. The first kappa shape index (κ1) is 29.3. The number of carbonyl (C=O) groups excluding carboxylic acids is 2. The number of halogens is 1. The molecule has 0 bridgehead atoms. The Bertz CT molecular complexity index is 1410. The van der Waals surface area contributed by atoms with Gasteiger partial charge in [-0.3, -0.25) is 13.9 Å². The summed E-state index contributed by atoms with van der Waals surface area (Å²) in [5.74, 6) is -1.25. The Kier molecular flexibility index (Phi) is 9.58. The maximum atomic E-state index is 14.0. The van der Waals surface area contributed by atoms with E-state index in [9.17, 15) is 22.4 Å². The van der Waals surface area contributed by atoms with Crippen molar-refractivity contribution in [1.82, 2.24) is 10.2 Å². The van der Waals surface area contributed by atoms with Crippen LogP contribution >= 0.6 is 0 Å². The highest BCUT2D eigenvalue weighted by Crippen LogP contribution is 2.27. The van der Waals surface area contributed by atoms with Gasteiger partial charge in [-0.05, 0) is 68.1 Å². The Morgan fingerprint density at radius 2 is 1.55 bits per heavy atom. The van der Waals surface area contributed by atoms with Crippen molar-refractivity contribution in [2.45, 2.75) is 69.5 Å². The van der Waals surface area contributed by atoms with Crippen molar-refractivity contribution in [3.05, 3.63) is 95.8 Å². The molecule has 1 fully saturated rings. The highest BCUT2D eigenvalue weighted by molar-refractivity contribution is 7.92. The lowest BCUT2D eigenvalue weighted by atomic mass is 9.95. The number of aryl methyl sites for hydroxylation is 1. The number of benzene rings is 3. The van der Waals surface area contributed by atoms with E-state index in [-0.39, 0.29) is 23.4 Å². The van der Waals surface area contributed by atoms with Gasteiger partial charge in [0.15, 0.2) is 0 Å². The molecule has 212 valence electrons. The lowest BCUT2D eigenvalue weighted by molar-refractivity contribution is -0.139. The predicted molar refractivity (Wildman–Crippen MR) is 154 cm³/mol. The number of carbonyl (C=O) groups is 2. The zero-order chi connectivity index (χ0) is 28.7. The van der Waals surface area contributed by atoms with Crippen LogP contribution in [0, 0.1) is 12.7 Å². The van der Waals surface area contributed by atoms with E-state index < -0.39 is 34.3 Å². The molecule has 7 nitrogen and oxygen atoms in total. The largest absolute Gasteiger partial charge is 0.352 e. The number of amides is 2. The van der Waals surface area contributed by atoms with Crippen LogP contribution in [-0.2, 0) is 26.2 Å². The molecule has 1 unspecified atom stereocenters. The molecule has 3 aromatic rings. The number of anilines is 1. The molecule has 4 rings (SSSR count). The number of hydrogen-bond donors (Lipinski definition) is 1. The van der Waals surface area contributed by atoms with Gasteiger partial charge in [0.05, 0.1) is 10.6 Å². The van der Waals surface area contributed by atoms with Crippen molar-refractivity contribution in [1.29, 1.82) is 0 Å². The van der Waals surface area contributed by atoms with E-state index >= 15 is 0 Å². The van der Waals surface area contributed by atoms with Crippen LogP contribution in [-0.4, -0.2) is 43.8 Å². The molecule has 0 saturated heterocycles.